The first-order valence-electron chi connectivity index (χ1n) is 8.50. The van der Waals surface area contributed by atoms with Crippen molar-refractivity contribution in [3.63, 3.8) is 0 Å². The second-order valence-electron chi connectivity index (χ2n) is 7.45. The molecule has 4 N–H and O–H groups in total. The summed E-state index contributed by atoms with van der Waals surface area (Å²) in [5, 5.41) is 19.1. The van der Waals surface area contributed by atoms with Crippen LogP contribution in [0.1, 0.15) is 36.8 Å². The van der Waals surface area contributed by atoms with Crippen molar-refractivity contribution in [2.24, 2.45) is 21.4 Å². The van der Waals surface area contributed by atoms with Gasteiger partial charge in [-0.3, -0.25) is 4.79 Å². The summed E-state index contributed by atoms with van der Waals surface area (Å²) in [6.45, 7) is 0.0474. The fourth-order valence-electron chi connectivity index (χ4n) is 4.21. The lowest BCUT2D eigenvalue weighted by Gasteiger charge is -2.64. The third kappa shape index (κ3) is 2.16. The Balaban J connectivity index is 1.45. The number of aliphatic hydroxyl groups is 1. The number of nitrogens with one attached hydrogen (secondary N) is 1. The minimum Gasteiger partial charge on any atom is -0.392 e. The van der Waals surface area contributed by atoms with Crippen molar-refractivity contribution in [2.45, 2.75) is 55.7 Å². The van der Waals surface area contributed by atoms with Crippen LogP contribution in [0.15, 0.2) is 34.5 Å². The van der Waals surface area contributed by atoms with Crippen molar-refractivity contribution in [3.8, 4) is 0 Å². The quantitative estimate of drug-likeness (QED) is 0.759. The minimum atomic E-state index is -4.59. The SMILES string of the molecule is N[C@]1(C(=O)NCc2cccc(C3(C(F)(F)F)N=N3)c2)C[C@H](O)C12CCC2. The van der Waals surface area contributed by atoms with E-state index in [4.69, 9.17) is 5.73 Å². The molecule has 6 nitrogen and oxygen atoms in total. The van der Waals surface area contributed by atoms with Crippen molar-refractivity contribution in [3.05, 3.63) is 35.4 Å². The number of alkyl halides is 3. The van der Waals surface area contributed by atoms with Crippen molar-refractivity contribution in [1.82, 2.24) is 5.32 Å². The molecule has 2 atom stereocenters. The zero-order chi connectivity index (χ0) is 18.8. The van der Waals surface area contributed by atoms with Crippen LogP contribution in [0, 0.1) is 5.41 Å². The predicted octanol–water partition coefficient (Wildman–Crippen LogP) is 2.12. The molecular weight excluding hydrogens is 349 g/mol. The molecule has 140 valence electrons. The van der Waals surface area contributed by atoms with E-state index in [1.807, 2.05) is 0 Å². The number of rotatable bonds is 4. The summed E-state index contributed by atoms with van der Waals surface area (Å²) in [6.07, 6.45) is -2.60. The summed E-state index contributed by atoms with van der Waals surface area (Å²) in [6, 6.07) is 5.75. The van der Waals surface area contributed by atoms with E-state index in [0.717, 1.165) is 6.42 Å². The number of halogens is 3. The molecule has 1 aromatic rings. The highest BCUT2D eigenvalue weighted by molar-refractivity contribution is 5.89. The molecule has 1 heterocycles. The molecule has 2 aliphatic carbocycles. The van der Waals surface area contributed by atoms with Gasteiger partial charge in [0.05, 0.1) is 6.10 Å². The smallest absolute Gasteiger partial charge is 0.392 e. The molecule has 9 heteroatoms. The van der Waals surface area contributed by atoms with Crippen molar-refractivity contribution >= 4 is 5.91 Å². The van der Waals surface area contributed by atoms with E-state index >= 15 is 0 Å². The van der Waals surface area contributed by atoms with Gasteiger partial charge in [0, 0.05) is 23.9 Å². The van der Waals surface area contributed by atoms with Gasteiger partial charge in [-0.25, -0.2) is 0 Å². The molecule has 0 unspecified atom stereocenters. The van der Waals surface area contributed by atoms with Gasteiger partial charge in [-0.2, -0.15) is 13.2 Å². The molecule has 2 saturated carbocycles. The van der Waals surface area contributed by atoms with Crippen LogP contribution in [0.3, 0.4) is 0 Å². The Kier molecular flexibility index (Phi) is 3.52. The number of hydrogen-bond acceptors (Lipinski definition) is 5. The van der Waals surface area contributed by atoms with Crippen LogP contribution in [-0.2, 0) is 17.0 Å². The maximum absolute atomic E-state index is 13.1. The molecular formula is C17H19F3N4O2. The molecule has 0 aromatic heterocycles. The number of carbonyl (C=O) groups is 1. The summed E-state index contributed by atoms with van der Waals surface area (Å²) in [4.78, 5) is 12.6. The Hall–Kier alpha value is -2.00. The number of amides is 1. The highest BCUT2D eigenvalue weighted by atomic mass is 19.4. The molecule has 3 aliphatic rings. The third-order valence-corrected chi connectivity index (χ3v) is 6.17. The van der Waals surface area contributed by atoms with Gasteiger partial charge in [-0.05, 0) is 24.5 Å². The second kappa shape index (κ2) is 5.26. The van der Waals surface area contributed by atoms with Gasteiger partial charge < -0.3 is 16.2 Å². The Morgan fingerprint density at radius 2 is 2.04 bits per heavy atom. The number of nitrogens with zero attached hydrogens (tertiary/aromatic N) is 2. The van der Waals surface area contributed by atoms with E-state index < -0.39 is 28.9 Å². The van der Waals surface area contributed by atoms with Crippen LogP contribution in [-0.4, -0.2) is 28.8 Å². The Morgan fingerprint density at radius 1 is 1.35 bits per heavy atom. The Morgan fingerprint density at radius 3 is 2.54 bits per heavy atom. The molecule has 4 rings (SSSR count). The maximum atomic E-state index is 13.1. The Bertz CT molecular complexity index is 784. The highest BCUT2D eigenvalue weighted by Crippen LogP contribution is 2.61. The number of carbonyl (C=O) groups excluding carboxylic acids is 1. The topological polar surface area (TPSA) is 100 Å². The molecule has 1 aliphatic heterocycles. The predicted molar refractivity (Wildman–Crippen MR) is 84.7 cm³/mol. The molecule has 0 bridgehead atoms. The van der Waals surface area contributed by atoms with Crippen LogP contribution < -0.4 is 11.1 Å². The fourth-order valence-corrected chi connectivity index (χ4v) is 4.21. The lowest BCUT2D eigenvalue weighted by atomic mass is 9.44. The Labute approximate surface area is 147 Å². The van der Waals surface area contributed by atoms with Gasteiger partial charge in [0.15, 0.2) is 0 Å². The largest absolute Gasteiger partial charge is 0.442 e. The van der Waals surface area contributed by atoms with E-state index in [-0.39, 0.29) is 24.4 Å². The van der Waals surface area contributed by atoms with Crippen molar-refractivity contribution in [1.29, 1.82) is 0 Å². The van der Waals surface area contributed by atoms with Crippen LogP contribution in [0.5, 0.6) is 0 Å². The van der Waals surface area contributed by atoms with Crippen LogP contribution in [0.2, 0.25) is 0 Å². The lowest BCUT2D eigenvalue weighted by molar-refractivity contribution is -0.192. The van der Waals surface area contributed by atoms with Crippen LogP contribution in [0.4, 0.5) is 13.2 Å². The summed E-state index contributed by atoms with van der Waals surface area (Å²) < 4.78 is 39.3. The summed E-state index contributed by atoms with van der Waals surface area (Å²) in [7, 11) is 0. The van der Waals surface area contributed by atoms with E-state index in [9.17, 15) is 23.1 Å². The van der Waals surface area contributed by atoms with Gasteiger partial charge in [0.25, 0.3) is 0 Å². The molecule has 0 saturated heterocycles. The summed E-state index contributed by atoms with van der Waals surface area (Å²) in [5.74, 6) is -0.376. The zero-order valence-corrected chi connectivity index (χ0v) is 13.9. The average molecular weight is 368 g/mol. The molecule has 2 fully saturated rings. The fraction of sp³-hybridized carbons (Fsp3) is 0.588. The van der Waals surface area contributed by atoms with Gasteiger partial charge in [-0.1, -0.05) is 24.6 Å². The number of hydrogen-bond donors (Lipinski definition) is 3. The standard InChI is InChI=1S/C17H19F3N4O2/c18-17(19,20)16(23-24-16)11-4-1-3-10(7-11)9-22-13(26)15(21)8-12(25)14(15)5-2-6-14/h1,3-4,7,12,25H,2,5-6,8-9,21H2,(H,22,26)/t12-,15-/m0/s1. The van der Waals surface area contributed by atoms with E-state index in [0.29, 0.717) is 18.4 Å². The van der Waals surface area contributed by atoms with E-state index in [2.05, 4.69) is 15.5 Å². The molecule has 0 radical (unpaired) electrons. The molecule has 26 heavy (non-hydrogen) atoms. The molecule has 1 spiro atoms. The first-order chi connectivity index (χ1) is 12.1. The zero-order valence-electron chi connectivity index (χ0n) is 13.9. The van der Waals surface area contributed by atoms with E-state index in [1.165, 1.54) is 18.2 Å². The van der Waals surface area contributed by atoms with Crippen LogP contribution in [0.25, 0.3) is 0 Å². The number of benzene rings is 1. The van der Waals surface area contributed by atoms with Crippen LogP contribution >= 0.6 is 0 Å². The van der Waals surface area contributed by atoms with Gasteiger partial charge in [-0.15, -0.1) is 10.2 Å². The second-order valence-corrected chi connectivity index (χ2v) is 7.45. The van der Waals surface area contributed by atoms with Crippen molar-refractivity contribution in [2.75, 3.05) is 0 Å². The minimum absolute atomic E-state index is 0.0474. The first kappa shape index (κ1) is 17.4. The molecule has 1 aromatic carbocycles. The average Bonchev–Trinajstić information content (AvgIpc) is 3.32. The molecule has 1 amide bonds. The third-order valence-electron chi connectivity index (χ3n) is 6.17. The number of aliphatic hydroxyl groups excluding tert-OH is 1. The first-order valence-corrected chi connectivity index (χ1v) is 8.50. The van der Waals surface area contributed by atoms with E-state index in [1.54, 1.807) is 6.07 Å². The van der Waals surface area contributed by atoms with Gasteiger partial charge in [0.2, 0.25) is 5.91 Å². The summed E-state index contributed by atoms with van der Waals surface area (Å²) in [5.41, 5.74) is 2.54. The van der Waals surface area contributed by atoms with Gasteiger partial charge in [0.1, 0.15) is 5.54 Å². The monoisotopic (exact) mass is 368 g/mol. The van der Waals surface area contributed by atoms with Crippen molar-refractivity contribution < 1.29 is 23.1 Å². The lowest BCUT2D eigenvalue weighted by Crippen LogP contribution is -2.79. The normalized spacial score (nSPS) is 30.4. The number of nitrogens with two attached hydrogens (primary N) is 1. The maximum Gasteiger partial charge on any atom is 0.442 e. The van der Waals surface area contributed by atoms with Gasteiger partial charge >= 0.3 is 11.8 Å². The highest BCUT2D eigenvalue weighted by Gasteiger charge is 2.69. The summed E-state index contributed by atoms with van der Waals surface area (Å²) >= 11 is 0.